The molecule has 2 aromatic carbocycles. The monoisotopic (exact) mass is 394 g/mol. The van der Waals surface area contributed by atoms with Crippen molar-refractivity contribution < 1.29 is 27.1 Å². The predicted molar refractivity (Wildman–Crippen MR) is 95.7 cm³/mol. The summed E-state index contributed by atoms with van der Waals surface area (Å²) in [6.07, 6.45) is 0. The van der Waals surface area contributed by atoms with Crippen molar-refractivity contribution in [3.63, 3.8) is 0 Å². The number of rotatable bonds is 5. The van der Waals surface area contributed by atoms with E-state index in [2.05, 4.69) is 10.0 Å². The van der Waals surface area contributed by atoms with Gasteiger partial charge >= 0.3 is 0 Å². The minimum Gasteiger partial charge on any atom is -0.454 e. The standard InChI is InChI=1S/C18H19FN2O5S/c1-18(2,11-4-7-15-16(8-11)26-10-25-15)21-17(22)13-9-12(5-6-14(13)19)27(23,24)20-3/h4-9,20H,10H2,1-3H3,(H,21,22). The summed E-state index contributed by atoms with van der Waals surface area (Å²) in [5, 5.41) is 2.73. The van der Waals surface area contributed by atoms with Gasteiger partial charge in [0.2, 0.25) is 16.8 Å². The normalized spacial score (nSPS) is 13.5. The van der Waals surface area contributed by atoms with Crippen molar-refractivity contribution in [3.8, 4) is 11.5 Å². The zero-order chi connectivity index (χ0) is 19.8. The molecule has 3 rings (SSSR count). The fourth-order valence-electron chi connectivity index (χ4n) is 2.67. The summed E-state index contributed by atoms with van der Waals surface area (Å²) in [4.78, 5) is 12.4. The number of nitrogens with one attached hydrogen (secondary N) is 2. The SMILES string of the molecule is CNS(=O)(=O)c1ccc(F)c(C(=O)NC(C)(C)c2ccc3c(c2)OCO3)c1. The zero-order valence-corrected chi connectivity index (χ0v) is 15.8. The average molecular weight is 394 g/mol. The highest BCUT2D eigenvalue weighted by Gasteiger charge is 2.28. The largest absolute Gasteiger partial charge is 0.454 e. The number of hydrogen-bond acceptors (Lipinski definition) is 5. The van der Waals surface area contributed by atoms with E-state index in [4.69, 9.17) is 9.47 Å². The van der Waals surface area contributed by atoms with Crippen LogP contribution in [0, 0.1) is 5.82 Å². The Morgan fingerprint density at radius 1 is 1.11 bits per heavy atom. The molecule has 1 aliphatic rings. The van der Waals surface area contributed by atoms with Crippen molar-refractivity contribution in [1.82, 2.24) is 10.0 Å². The molecule has 0 spiro atoms. The summed E-state index contributed by atoms with van der Waals surface area (Å²) in [6, 6.07) is 8.29. The van der Waals surface area contributed by atoms with E-state index in [-0.39, 0.29) is 17.3 Å². The number of halogens is 1. The van der Waals surface area contributed by atoms with Crippen LogP contribution in [0.15, 0.2) is 41.3 Å². The number of sulfonamides is 1. The van der Waals surface area contributed by atoms with Crippen molar-refractivity contribution in [2.45, 2.75) is 24.3 Å². The van der Waals surface area contributed by atoms with E-state index < -0.39 is 27.3 Å². The van der Waals surface area contributed by atoms with Crippen LogP contribution in [-0.2, 0) is 15.6 Å². The highest BCUT2D eigenvalue weighted by atomic mass is 32.2. The summed E-state index contributed by atoms with van der Waals surface area (Å²) in [5.41, 5.74) is -0.512. The van der Waals surface area contributed by atoms with Gasteiger partial charge in [-0.25, -0.2) is 17.5 Å². The minimum absolute atomic E-state index is 0.128. The van der Waals surface area contributed by atoms with E-state index in [1.807, 2.05) is 0 Å². The first-order valence-electron chi connectivity index (χ1n) is 8.10. The van der Waals surface area contributed by atoms with Gasteiger partial charge in [0.1, 0.15) is 5.82 Å². The number of carbonyl (C=O) groups excluding carboxylic acids is 1. The summed E-state index contributed by atoms with van der Waals surface area (Å²) >= 11 is 0. The van der Waals surface area contributed by atoms with Crippen LogP contribution in [0.1, 0.15) is 29.8 Å². The average Bonchev–Trinajstić information content (AvgIpc) is 3.09. The van der Waals surface area contributed by atoms with Crippen LogP contribution >= 0.6 is 0 Å². The third-order valence-electron chi connectivity index (χ3n) is 4.28. The molecule has 0 unspecified atom stereocenters. The van der Waals surface area contributed by atoms with Crippen molar-refractivity contribution in [2.24, 2.45) is 0 Å². The molecule has 2 N–H and O–H groups in total. The second-order valence-electron chi connectivity index (χ2n) is 6.50. The Hall–Kier alpha value is -2.65. The van der Waals surface area contributed by atoms with Crippen LogP contribution in [0.5, 0.6) is 11.5 Å². The first-order chi connectivity index (χ1) is 12.6. The lowest BCUT2D eigenvalue weighted by molar-refractivity contribution is 0.0907. The van der Waals surface area contributed by atoms with Gasteiger partial charge in [0, 0.05) is 0 Å². The number of hydrogen-bond donors (Lipinski definition) is 2. The maximum Gasteiger partial charge on any atom is 0.254 e. The molecule has 144 valence electrons. The Balaban J connectivity index is 1.89. The molecule has 0 fully saturated rings. The number of ether oxygens (including phenoxy) is 2. The maximum absolute atomic E-state index is 14.2. The third-order valence-corrected chi connectivity index (χ3v) is 5.69. The van der Waals surface area contributed by atoms with Crippen molar-refractivity contribution in [1.29, 1.82) is 0 Å². The molecule has 0 saturated heterocycles. The zero-order valence-electron chi connectivity index (χ0n) is 15.0. The molecule has 0 bridgehead atoms. The van der Waals surface area contributed by atoms with Crippen LogP contribution in [0.3, 0.4) is 0 Å². The lowest BCUT2D eigenvalue weighted by Gasteiger charge is -2.27. The Bertz CT molecular complexity index is 1000. The molecule has 2 aromatic rings. The minimum atomic E-state index is -3.80. The van der Waals surface area contributed by atoms with Gasteiger partial charge in [-0.15, -0.1) is 0 Å². The fourth-order valence-corrected chi connectivity index (χ4v) is 3.43. The number of fused-ring (bicyclic) bond motifs is 1. The van der Waals surface area contributed by atoms with Gasteiger partial charge in [0.15, 0.2) is 11.5 Å². The van der Waals surface area contributed by atoms with Crippen molar-refractivity contribution >= 4 is 15.9 Å². The lowest BCUT2D eigenvalue weighted by Crippen LogP contribution is -2.41. The molecular weight excluding hydrogens is 375 g/mol. The van der Waals surface area contributed by atoms with Gasteiger partial charge in [-0.1, -0.05) is 6.07 Å². The Labute approximate surface area is 156 Å². The molecule has 1 heterocycles. The second kappa shape index (κ2) is 6.82. The molecule has 1 aliphatic heterocycles. The molecule has 27 heavy (non-hydrogen) atoms. The molecule has 9 heteroatoms. The molecule has 0 saturated carbocycles. The Morgan fingerprint density at radius 3 is 2.52 bits per heavy atom. The predicted octanol–water partition coefficient (Wildman–Crippen LogP) is 2.13. The topological polar surface area (TPSA) is 93.7 Å². The van der Waals surface area contributed by atoms with Crippen LogP contribution in [0.25, 0.3) is 0 Å². The highest BCUT2D eigenvalue weighted by molar-refractivity contribution is 7.89. The maximum atomic E-state index is 14.2. The molecule has 1 amide bonds. The molecule has 0 aliphatic carbocycles. The van der Waals surface area contributed by atoms with E-state index in [9.17, 15) is 17.6 Å². The van der Waals surface area contributed by atoms with Crippen LogP contribution in [0.2, 0.25) is 0 Å². The second-order valence-corrected chi connectivity index (χ2v) is 8.38. The van der Waals surface area contributed by atoms with Crippen molar-refractivity contribution in [2.75, 3.05) is 13.8 Å². The van der Waals surface area contributed by atoms with E-state index in [0.29, 0.717) is 11.5 Å². The van der Waals surface area contributed by atoms with Gasteiger partial charge in [0.25, 0.3) is 5.91 Å². The molecule has 0 aromatic heterocycles. The smallest absolute Gasteiger partial charge is 0.254 e. The number of amides is 1. The summed E-state index contributed by atoms with van der Waals surface area (Å²) < 4.78 is 50.7. The molecule has 0 radical (unpaired) electrons. The van der Waals surface area contributed by atoms with Gasteiger partial charge in [-0.05, 0) is 56.8 Å². The van der Waals surface area contributed by atoms with Crippen molar-refractivity contribution in [3.05, 3.63) is 53.3 Å². The third kappa shape index (κ3) is 3.74. The number of carbonyl (C=O) groups is 1. The molecule has 0 atom stereocenters. The van der Waals surface area contributed by atoms with E-state index in [0.717, 1.165) is 23.8 Å². The summed E-state index contributed by atoms with van der Waals surface area (Å²) in [6.45, 7) is 3.62. The van der Waals surface area contributed by atoms with Crippen LogP contribution in [-0.4, -0.2) is 28.2 Å². The fraction of sp³-hybridized carbons (Fsp3) is 0.278. The lowest BCUT2D eigenvalue weighted by atomic mass is 9.93. The van der Waals surface area contributed by atoms with Gasteiger partial charge in [-0.2, -0.15) is 0 Å². The first-order valence-corrected chi connectivity index (χ1v) is 9.58. The summed E-state index contributed by atoms with van der Waals surface area (Å²) in [5.74, 6) is -0.382. The van der Waals surface area contributed by atoms with Crippen LogP contribution in [0.4, 0.5) is 4.39 Å². The quantitative estimate of drug-likeness (QED) is 0.810. The van der Waals surface area contributed by atoms with Gasteiger partial charge < -0.3 is 14.8 Å². The van der Waals surface area contributed by atoms with E-state index in [1.54, 1.807) is 32.0 Å². The first kappa shape index (κ1) is 19.1. The van der Waals surface area contributed by atoms with Gasteiger partial charge in [-0.3, -0.25) is 4.79 Å². The van der Waals surface area contributed by atoms with E-state index in [1.165, 1.54) is 7.05 Å². The Kier molecular flexibility index (Phi) is 4.83. The molecular formula is C18H19FN2O5S. The van der Waals surface area contributed by atoms with Gasteiger partial charge in [0.05, 0.1) is 16.0 Å². The highest BCUT2D eigenvalue weighted by Crippen LogP contribution is 2.35. The Morgan fingerprint density at radius 2 is 1.81 bits per heavy atom. The summed E-state index contributed by atoms with van der Waals surface area (Å²) in [7, 11) is -2.56. The van der Waals surface area contributed by atoms with Crippen LogP contribution < -0.4 is 19.5 Å². The molecule has 7 nitrogen and oxygen atoms in total. The van der Waals surface area contributed by atoms with E-state index >= 15 is 0 Å². The number of benzene rings is 2.